The second-order valence-corrected chi connectivity index (χ2v) is 9.08. The molecule has 9 heteroatoms. The minimum Gasteiger partial charge on any atom is -0.363 e. The first kappa shape index (κ1) is 20.3. The first-order valence-electron chi connectivity index (χ1n) is 10.0. The molecule has 0 aliphatic carbocycles. The summed E-state index contributed by atoms with van der Waals surface area (Å²) in [5, 5.41) is 9.48. The summed E-state index contributed by atoms with van der Waals surface area (Å²) in [4.78, 5) is 15.3. The van der Waals surface area contributed by atoms with Crippen LogP contribution >= 0.6 is 11.3 Å². The van der Waals surface area contributed by atoms with E-state index >= 15 is 0 Å². The van der Waals surface area contributed by atoms with Crippen LogP contribution in [0.4, 0.5) is 19.0 Å². The van der Waals surface area contributed by atoms with Crippen LogP contribution in [-0.2, 0) is 4.79 Å². The maximum absolute atomic E-state index is 13.8. The molecule has 5 nitrogen and oxygen atoms in total. The van der Waals surface area contributed by atoms with Gasteiger partial charge in [-0.05, 0) is 30.7 Å². The highest BCUT2D eigenvalue weighted by atomic mass is 32.1. The Morgan fingerprint density at radius 1 is 1.34 bits per heavy atom. The van der Waals surface area contributed by atoms with Crippen molar-refractivity contribution in [2.75, 3.05) is 11.9 Å². The molecule has 1 amide bonds. The highest BCUT2D eigenvalue weighted by molar-refractivity contribution is 7.10. The van der Waals surface area contributed by atoms with E-state index in [4.69, 9.17) is 0 Å². The second kappa shape index (κ2) is 7.66. The van der Waals surface area contributed by atoms with Gasteiger partial charge in [-0.2, -0.15) is 18.3 Å². The average molecular weight is 427 g/mol. The van der Waals surface area contributed by atoms with Crippen LogP contribution in [0.2, 0.25) is 0 Å². The minimum atomic E-state index is -4.39. The molecule has 3 atom stereocenters. The highest BCUT2D eigenvalue weighted by Gasteiger charge is 2.47. The Labute approximate surface area is 171 Å². The molecule has 2 aliphatic rings. The van der Waals surface area contributed by atoms with Crippen molar-refractivity contribution >= 4 is 23.1 Å². The Bertz CT molecular complexity index is 862. The number of halogens is 3. The summed E-state index contributed by atoms with van der Waals surface area (Å²) in [5.74, 6) is 0.240. The third-order valence-electron chi connectivity index (χ3n) is 5.72. The first-order chi connectivity index (χ1) is 13.8. The lowest BCUT2D eigenvalue weighted by Gasteiger charge is -2.36. The van der Waals surface area contributed by atoms with Gasteiger partial charge in [-0.3, -0.25) is 4.79 Å². The number of piperidine rings is 1. The highest BCUT2D eigenvalue weighted by Crippen LogP contribution is 2.45. The molecule has 0 aromatic carbocycles. The standard InChI is InChI=1S/C20H25F3N4OS/c1-12(2)19(28)26-8-4-3-6-15(26)13-11-18-24-14(16-7-5-9-29-16)10-17(20(21,22)23)27(18)25-13/h5,7,9,11-12,14-15,17,24H,3-4,6,8,10H2,1-2H3/t14-,15?,17+/m0/s1. The van der Waals surface area contributed by atoms with Crippen LogP contribution in [0.15, 0.2) is 23.6 Å². The molecule has 2 aromatic rings. The van der Waals surface area contributed by atoms with Gasteiger partial charge in [0.15, 0.2) is 6.04 Å². The van der Waals surface area contributed by atoms with Gasteiger partial charge in [-0.15, -0.1) is 11.3 Å². The summed E-state index contributed by atoms with van der Waals surface area (Å²) < 4.78 is 42.6. The molecule has 4 heterocycles. The smallest absolute Gasteiger partial charge is 0.363 e. The van der Waals surface area contributed by atoms with Crippen molar-refractivity contribution < 1.29 is 18.0 Å². The SMILES string of the molecule is CC(C)C(=O)N1CCCCC1c1cc2n(n1)[C@@H](C(F)(F)F)C[C@@H](c1cccs1)N2. The van der Waals surface area contributed by atoms with E-state index in [-0.39, 0.29) is 24.3 Å². The molecule has 29 heavy (non-hydrogen) atoms. The molecule has 0 bridgehead atoms. The molecule has 0 spiro atoms. The van der Waals surface area contributed by atoms with Gasteiger partial charge in [-0.1, -0.05) is 19.9 Å². The van der Waals surface area contributed by atoms with Gasteiger partial charge in [-0.25, -0.2) is 4.68 Å². The molecular formula is C20H25F3N4OS. The molecule has 158 valence electrons. The molecule has 2 aliphatic heterocycles. The van der Waals surface area contributed by atoms with E-state index in [9.17, 15) is 18.0 Å². The number of carbonyl (C=O) groups excluding carboxylic acids is 1. The fraction of sp³-hybridized carbons (Fsp3) is 0.600. The monoisotopic (exact) mass is 426 g/mol. The van der Waals surface area contributed by atoms with Crippen molar-refractivity contribution in [3.8, 4) is 0 Å². The zero-order valence-electron chi connectivity index (χ0n) is 16.4. The molecule has 1 N–H and O–H groups in total. The predicted molar refractivity (Wildman–Crippen MR) is 106 cm³/mol. The lowest BCUT2D eigenvalue weighted by Crippen LogP contribution is -2.41. The molecule has 0 saturated carbocycles. The van der Waals surface area contributed by atoms with E-state index in [1.54, 1.807) is 11.0 Å². The van der Waals surface area contributed by atoms with E-state index in [2.05, 4.69) is 10.4 Å². The van der Waals surface area contributed by atoms with Crippen LogP contribution in [0, 0.1) is 5.92 Å². The lowest BCUT2D eigenvalue weighted by atomic mass is 9.97. The fourth-order valence-electron chi connectivity index (χ4n) is 4.27. The van der Waals surface area contributed by atoms with E-state index in [1.807, 2.05) is 31.4 Å². The molecule has 2 aromatic heterocycles. The number of fused-ring (bicyclic) bond motifs is 1. The van der Waals surface area contributed by atoms with Crippen molar-refractivity contribution in [2.24, 2.45) is 5.92 Å². The third-order valence-corrected chi connectivity index (χ3v) is 6.70. The van der Waals surface area contributed by atoms with Crippen molar-refractivity contribution in [3.05, 3.63) is 34.2 Å². The summed E-state index contributed by atoms with van der Waals surface area (Å²) in [6.45, 7) is 4.32. The Morgan fingerprint density at radius 3 is 2.79 bits per heavy atom. The number of rotatable bonds is 3. The van der Waals surface area contributed by atoms with Gasteiger partial charge in [0.1, 0.15) is 5.82 Å². The van der Waals surface area contributed by atoms with Crippen molar-refractivity contribution in [3.63, 3.8) is 0 Å². The van der Waals surface area contributed by atoms with Gasteiger partial charge < -0.3 is 10.2 Å². The van der Waals surface area contributed by atoms with Gasteiger partial charge >= 0.3 is 6.18 Å². The van der Waals surface area contributed by atoms with Crippen molar-refractivity contribution in [1.29, 1.82) is 0 Å². The van der Waals surface area contributed by atoms with Crippen molar-refractivity contribution in [1.82, 2.24) is 14.7 Å². The summed E-state index contributed by atoms with van der Waals surface area (Å²) >= 11 is 1.45. The third kappa shape index (κ3) is 3.89. The van der Waals surface area contributed by atoms with Crippen molar-refractivity contribution in [2.45, 2.75) is 63.8 Å². The summed E-state index contributed by atoms with van der Waals surface area (Å²) in [7, 11) is 0. The number of alkyl halides is 3. The molecular weight excluding hydrogens is 401 g/mol. The van der Waals surface area contributed by atoms with E-state index < -0.39 is 18.3 Å². The first-order valence-corrected chi connectivity index (χ1v) is 10.9. The van der Waals surface area contributed by atoms with E-state index in [0.29, 0.717) is 18.1 Å². The largest absolute Gasteiger partial charge is 0.410 e. The Balaban J connectivity index is 1.69. The number of thiophene rings is 1. The number of hydrogen-bond acceptors (Lipinski definition) is 4. The summed E-state index contributed by atoms with van der Waals surface area (Å²) in [6.07, 6.45) is -1.93. The second-order valence-electron chi connectivity index (χ2n) is 8.10. The number of amides is 1. The molecule has 0 radical (unpaired) electrons. The predicted octanol–water partition coefficient (Wildman–Crippen LogP) is 5.31. The quantitative estimate of drug-likeness (QED) is 0.723. The van der Waals surface area contributed by atoms with Gasteiger partial charge in [0.05, 0.1) is 17.8 Å². The van der Waals surface area contributed by atoms with Crippen LogP contribution in [0.3, 0.4) is 0 Å². The topological polar surface area (TPSA) is 50.2 Å². The fourth-order valence-corrected chi connectivity index (χ4v) is 5.06. The minimum absolute atomic E-state index is 0.0254. The van der Waals surface area contributed by atoms with Crippen LogP contribution < -0.4 is 5.32 Å². The number of carbonyl (C=O) groups is 1. The van der Waals surface area contributed by atoms with Crippen LogP contribution in [0.5, 0.6) is 0 Å². The normalized spacial score (nSPS) is 25.0. The summed E-state index contributed by atoms with van der Waals surface area (Å²) in [5.41, 5.74) is 0.544. The maximum Gasteiger partial charge on any atom is 0.410 e. The summed E-state index contributed by atoms with van der Waals surface area (Å²) in [6, 6.07) is 3.05. The van der Waals surface area contributed by atoms with Crippen LogP contribution in [0.25, 0.3) is 0 Å². The van der Waals surface area contributed by atoms with Gasteiger partial charge in [0.25, 0.3) is 0 Å². The zero-order chi connectivity index (χ0) is 20.8. The van der Waals surface area contributed by atoms with Crippen LogP contribution in [0.1, 0.15) is 68.2 Å². The van der Waals surface area contributed by atoms with E-state index in [1.165, 1.54) is 11.3 Å². The van der Waals surface area contributed by atoms with Gasteiger partial charge in [0.2, 0.25) is 5.91 Å². The lowest BCUT2D eigenvalue weighted by molar-refractivity contribution is -0.174. The number of likely N-dealkylation sites (tertiary alicyclic amines) is 1. The number of nitrogens with zero attached hydrogens (tertiary/aromatic N) is 3. The number of hydrogen-bond donors (Lipinski definition) is 1. The number of aromatic nitrogens is 2. The molecule has 1 saturated heterocycles. The maximum atomic E-state index is 13.8. The Kier molecular flexibility index (Phi) is 5.35. The Morgan fingerprint density at radius 2 is 2.14 bits per heavy atom. The van der Waals surface area contributed by atoms with Gasteiger partial charge in [0, 0.05) is 29.8 Å². The Hall–Kier alpha value is -2.03. The zero-order valence-corrected chi connectivity index (χ0v) is 17.3. The number of nitrogens with one attached hydrogen (secondary N) is 1. The van der Waals surface area contributed by atoms with Crippen LogP contribution in [-0.4, -0.2) is 33.3 Å². The number of anilines is 1. The molecule has 1 fully saturated rings. The average Bonchev–Trinajstić information content (AvgIpc) is 3.35. The molecule has 1 unspecified atom stereocenters. The molecule has 4 rings (SSSR count). The van der Waals surface area contributed by atoms with E-state index in [0.717, 1.165) is 28.8 Å².